The summed E-state index contributed by atoms with van der Waals surface area (Å²) in [5.74, 6) is -0.832. The van der Waals surface area contributed by atoms with Gasteiger partial charge in [0, 0.05) is 18.8 Å². The fraction of sp³-hybridized carbons (Fsp3) is 0.240. The number of ether oxygens (including phenoxy) is 2. The maximum absolute atomic E-state index is 13.9. The van der Waals surface area contributed by atoms with E-state index >= 15 is 0 Å². The molecule has 1 aliphatic heterocycles. The third-order valence-corrected chi connectivity index (χ3v) is 5.73. The largest absolute Gasteiger partial charge is 0.497 e. The lowest BCUT2D eigenvalue weighted by molar-refractivity contribution is -0.141. The summed E-state index contributed by atoms with van der Waals surface area (Å²) in [7, 11) is 2.77. The van der Waals surface area contributed by atoms with Crippen LogP contribution in [0.2, 0.25) is 0 Å². The molecule has 1 aliphatic rings. The summed E-state index contributed by atoms with van der Waals surface area (Å²) in [6.45, 7) is 4.62. The van der Waals surface area contributed by atoms with Gasteiger partial charge in [-0.25, -0.2) is 9.48 Å². The lowest BCUT2D eigenvalue weighted by Crippen LogP contribution is -2.28. The number of rotatable bonds is 7. The molecule has 0 saturated heterocycles. The minimum absolute atomic E-state index is 0.0711. The molecule has 1 N–H and O–H groups in total. The molecule has 0 fully saturated rings. The van der Waals surface area contributed by atoms with E-state index in [0.29, 0.717) is 17.9 Å². The van der Waals surface area contributed by atoms with E-state index in [9.17, 15) is 22.8 Å². The molecule has 2 aromatic carbocycles. The fourth-order valence-corrected chi connectivity index (χ4v) is 4.00. The highest BCUT2D eigenvalue weighted by Crippen LogP contribution is 2.38. The van der Waals surface area contributed by atoms with Crippen molar-refractivity contribution in [2.24, 2.45) is 0 Å². The highest BCUT2D eigenvalue weighted by molar-refractivity contribution is 6.04. The molecule has 11 heteroatoms. The second-order valence-electron chi connectivity index (χ2n) is 8.04. The Bertz CT molecular complexity index is 1320. The number of esters is 1. The summed E-state index contributed by atoms with van der Waals surface area (Å²) in [5.41, 5.74) is -0.265. The summed E-state index contributed by atoms with van der Waals surface area (Å²) in [6.07, 6.45) is -4.84. The van der Waals surface area contributed by atoms with Gasteiger partial charge in [0.15, 0.2) is 5.69 Å². The summed E-state index contributed by atoms with van der Waals surface area (Å²) in [5, 5.41) is 6.17. The van der Waals surface area contributed by atoms with Crippen molar-refractivity contribution in [3.05, 3.63) is 83.1 Å². The van der Waals surface area contributed by atoms with Crippen LogP contribution in [0.5, 0.6) is 5.75 Å². The Hall–Kier alpha value is -4.28. The number of carbonyl (C=O) groups excluding carboxylic acids is 2. The van der Waals surface area contributed by atoms with E-state index in [2.05, 4.69) is 21.7 Å². The minimum Gasteiger partial charge on any atom is -0.497 e. The van der Waals surface area contributed by atoms with Crippen LogP contribution in [-0.2, 0) is 24.0 Å². The van der Waals surface area contributed by atoms with Crippen LogP contribution in [0.15, 0.2) is 55.1 Å². The van der Waals surface area contributed by atoms with Crippen molar-refractivity contribution >= 4 is 23.4 Å². The van der Waals surface area contributed by atoms with E-state index in [1.54, 1.807) is 23.1 Å². The summed E-state index contributed by atoms with van der Waals surface area (Å²) < 4.78 is 52.7. The second kappa shape index (κ2) is 9.76. The smallest absolute Gasteiger partial charge is 0.436 e. The Kier molecular flexibility index (Phi) is 6.73. The van der Waals surface area contributed by atoms with Crippen LogP contribution in [0.25, 0.3) is 5.70 Å². The summed E-state index contributed by atoms with van der Waals surface area (Å²) >= 11 is 0. The average molecular weight is 500 g/mol. The maximum Gasteiger partial charge on any atom is 0.436 e. The lowest BCUT2D eigenvalue weighted by Gasteiger charge is -2.20. The zero-order valence-corrected chi connectivity index (χ0v) is 19.6. The normalized spacial score (nSPS) is 12.8. The number of hydrogen-bond acceptors (Lipinski definition) is 6. The number of hydrogen-bond donors (Lipinski definition) is 1. The van der Waals surface area contributed by atoms with Gasteiger partial charge in [-0.1, -0.05) is 30.8 Å². The monoisotopic (exact) mass is 500 g/mol. The van der Waals surface area contributed by atoms with E-state index in [1.165, 1.54) is 43.2 Å². The molecule has 1 amide bonds. The number of amides is 1. The van der Waals surface area contributed by atoms with Crippen molar-refractivity contribution in [2.75, 3.05) is 25.7 Å². The van der Waals surface area contributed by atoms with Crippen LogP contribution in [0, 0.1) is 0 Å². The average Bonchev–Trinajstić information content (AvgIpc) is 3.44. The van der Waals surface area contributed by atoms with Crippen molar-refractivity contribution in [1.82, 2.24) is 15.1 Å². The van der Waals surface area contributed by atoms with Gasteiger partial charge in [0.1, 0.15) is 17.1 Å². The first kappa shape index (κ1) is 24.8. The Morgan fingerprint density at radius 1 is 1.08 bits per heavy atom. The third kappa shape index (κ3) is 4.90. The third-order valence-electron chi connectivity index (χ3n) is 5.73. The molecule has 0 bridgehead atoms. The number of anilines is 1. The summed E-state index contributed by atoms with van der Waals surface area (Å²) in [4.78, 5) is 26.5. The number of methoxy groups -OCH3 is 2. The number of nitrogens with one attached hydrogen (secondary N) is 1. The zero-order valence-electron chi connectivity index (χ0n) is 19.6. The predicted octanol–water partition coefficient (Wildman–Crippen LogP) is 4.12. The van der Waals surface area contributed by atoms with Crippen molar-refractivity contribution in [3.63, 3.8) is 0 Å². The van der Waals surface area contributed by atoms with Gasteiger partial charge in [-0.15, -0.1) is 0 Å². The number of benzene rings is 2. The number of fused-ring (bicyclic) bond motifs is 1. The quantitative estimate of drug-likeness (QED) is 0.492. The van der Waals surface area contributed by atoms with E-state index < -0.39 is 29.3 Å². The van der Waals surface area contributed by atoms with Crippen molar-refractivity contribution in [1.29, 1.82) is 0 Å². The zero-order chi connectivity index (χ0) is 26.0. The van der Waals surface area contributed by atoms with Gasteiger partial charge in [-0.2, -0.15) is 18.3 Å². The maximum atomic E-state index is 13.9. The molecule has 0 atom stereocenters. The number of carbonyl (C=O) groups is 2. The van der Waals surface area contributed by atoms with Crippen LogP contribution in [0.1, 0.15) is 37.5 Å². The molecule has 188 valence electrons. The van der Waals surface area contributed by atoms with E-state index in [1.807, 2.05) is 6.07 Å². The van der Waals surface area contributed by atoms with Crippen molar-refractivity contribution < 1.29 is 32.2 Å². The minimum atomic E-state index is -4.84. The molecule has 0 spiro atoms. The number of halogens is 3. The first-order valence-corrected chi connectivity index (χ1v) is 10.9. The van der Waals surface area contributed by atoms with Gasteiger partial charge >= 0.3 is 12.1 Å². The Labute approximate surface area is 204 Å². The number of nitrogens with zero attached hydrogens (tertiary/aromatic N) is 3. The van der Waals surface area contributed by atoms with Gasteiger partial charge in [0.05, 0.1) is 26.3 Å². The highest BCUT2D eigenvalue weighted by atomic mass is 19.4. The topological polar surface area (TPSA) is 85.7 Å². The number of aromatic nitrogens is 2. The van der Waals surface area contributed by atoms with E-state index in [-0.39, 0.29) is 30.2 Å². The van der Waals surface area contributed by atoms with Crippen LogP contribution in [0.3, 0.4) is 0 Å². The van der Waals surface area contributed by atoms with Crippen LogP contribution in [-0.4, -0.2) is 42.4 Å². The molecule has 36 heavy (non-hydrogen) atoms. The molecular formula is C25H23F3N4O4. The van der Waals surface area contributed by atoms with Crippen LogP contribution in [0.4, 0.5) is 19.0 Å². The first-order chi connectivity index (χ1) is 17.1. The SMILES string of the molecule is C=C(NC(=O)c1c(C(F)(F)F)nn2c1N(Cc1cccc(OC)c1)CC2)c1ccc(C(=O)OC)cc1. The molecule has 0 aliphatic carbocycles. The lowest BCUT2D eigenvalue weighted by atomic mass is 10.1. The molecule has 0 unspecified atom stereocenters. The molecular weight excluding hydrogens is 477 g/mol. The van der Waals surface area contributed by atoms with Crippen molar-refractivity contribution in [3.8, 4) is 5.75 Å². The van der Waals surface area contributed by atoms with Gasteiger partial charge in [0.25, 0.3) is 5.91 Å². The Morgan fingerprint density at radius 2 is 1.78 bits per heavy atom. The standard InChI is InChI=1S/C25H23F3N4O4/c1-15(17-7-9-18(10-8-17)24(34)36-3)29-22(33)20-21(25(26,27)28)30-32-12-11-31(23(20)32)14-16-5-4-6-19(13-16)35-2/h4-10,13H,1,11-12,14H2,2-3H3,(H,29,33). The van der Waals surface area contributed by atoms with Crippen LogP contribution >= 0.6 is 0 Å². The highest BCUT2D eigenvalue weighted by Gasteiger charge is 2.44. The first-order valence-electron chi connectivity index (χ1n) is 10.9. The molecule has 0 saturated carbocycles. The molecule has 3 aromatic rings. The molecule has 8 nitrogen and oxygen atoms in total. The van der Waals surface area contributed by atoms with Gasteiger partial charge < -0.3 is 19.7 Å². The predicted molar refractivity (Wildman–Crippen MR) is 126 cm³/mol. The van der Waals surface area contributed by atoms with E-state index in [4.69, 9.17) is 4.74 Å². The van der Waals surface area contributed by atoms with Gasteiger partial charge in [-0.3, -0.25) is 4.79 Å². The van der Waals surface area contributed by atoms with Gasteiger partial charge in [-0.05, 0) is 35.4 Å². The fourth-order valence-electron chi connectivity index (χ4n) is 4.00. The number of alkyl halides is 3. The van der Waals surface area contributed by atoms with Crippen LogP contribution < -0.4 is 15.0 Å². The Balaban J connectivity index is 1.63. The molecule has 4 rings (SSSR count). The second-order valence-corrected chi connectivity index (χ2v) is 8.04. The molecule has 0 radical (unpaired) electrons. The Morgan fingerprint density at radius 3 is 2.42 bits per heavy atom. The molecule has 2 heterocycles. The van der Waals surface area contributed by atoms with Gasteiger partial charge in [0.2, 0.25) is 0 Å². The van der Waals surface area contributed by atoms with E-state index in [0.717, 1.165) is 5.56 Å². The summed E-state index contributed by atoms with van der Waals surface area (Å²) in [6, 6.07) is 13.1. The van der Waals surface area contributed by atoms with Crippen molar-refractivity contribution in [2.45, 2.75) is 19.3 Å². The molecule has 1 aromatic heterocycles.